The summed E-state index contributed by atoms with van der Waals surface area (Å²) in [6.45, 7) is 0.471. The molecule has 0 aromatic heterocycles. The number of rotatable bonds is 2. The van der Waals surface area contributed by atoms with Crippen LogP contribution in [0.5, 0.6) is 0 Å². The number of amidine groups is 1. The largest absolute Gasteiger partial charge is 0.409 e. The number of nitrogens with zero attached hydrogens (tertiary/aromatic N) is 2. The molecular weight excluding hydrogens is 206 g/mol. The van der Waals surface area contributed by atoms with Crippen molar-refractivity contribution in [1.29, 1.82) is 0 Å². The predicted molar refractivity (Wildman–Crippen MR) is 60.3 cm³/mol. The highest BCUT2D eigenvalue weighted by Gasteiger charge is 2.32. The lowest BCUT2D eigenvalue weighted by Gasteiger charge is -2.16. The van der Waals surface area contributed by atoms with Crippen LogP contribution in [0.3, 0.4) is 0 Å². The number of amides is 1. The van der Waals surface area contributed by atoms with Crippen molar-refractivity contribution in [2.75, 3.05) is 11.4 Å². The van der Waals surface area contributed by atoms with Crippen LogP contribution in [0.4, 0.5) is 5.69 Å². The van der Waals surface area contributed by atoms with E-state index in [4.69, 9.17) is 10.9 Å². The molecule has 1 aromatic carbocycles. The van der Waals surface area contributed by atoms with Crippen molar-refractivity contribution in [3.05, 3.63) is 30.3 Å². The third kappa shape index (κ3) is 1.84. The minimum Gasteiger partial charge on any atom is -0.409 e. The Bertz CT molecular complexity index is 416. The quantitative estimate of drug-likeness (QED) is 0.334. The Balaban J connectivity index is 2.18. The van der Waals surface area contributed by atoms with E-state index in [9.17, 15) is 4.79 Å². The second-order valence-electron chi connectivity index (χ2n) is 3.77. The van der Waals surface area contributed by atoms with Gasteiger partial charge in [0.1, 0.15) is 5.84 Å². The van der Waals surface area contributed by atoms with Crippen LogP contribution in [0.2, 0.25) is 0 Å². The summed E-state index contributed by atoms with van der Waals surface area (Å²) >= 11 is 0. The Kier molecular flexibility index (Phi) is 2.76. The Morgan fingerprint density at radius 1 is 1.44 bits per heavy atom. The highest BCUT2D eigenvalue weighted by Crippen LogP contribution is 2.24. The van der Waals surface area contributed by atoms with Crippen LogP contribution in [-0.2, 0) is 4.79 Å². The van der Waals surface area contributed by atoms with E-state index in [0.717, 1.165) is 5.69 Å². The van der Waals surface area contributed by atoms with Crippen molar-refractivity contribution < 1.29 is 10.0 Å². The number of carbonyl (C=O) groups excluding carboxylic acids is 1. The molecule has 1 fully saturated rings. The van der Waals surface area contributed by atoms with Crippen LogP contribution in [-0.4, -0.2) is 23.5 Å². The summed E-state index contributed by atoms with van der Waals surface area (Å²) in [5, 5.41) is 11.5. The first-order valence-electron chi connectivity index (χ1n) is 5.05. The molecule has 1 atom stereocenters. The predicted octanol–water partition coefficient (Wildman–Crippen LogP) is 0.786. The molecule has 84 valence electrons. The number of nitrogens with two attached hydrogens (primary N) is 1. The van der Waals surface area contributed by atoms with Crippen LogP contribution in [0.25, 0.3) is 0 Å². The van der Waals surface area contributed by atoms with Crippen molar-refractivity contribution >= 4 is 17.4 Å². The molecule has 1 heterocycles. The zero-order valence-corrected chi connectivity index (χ0v) is 8.71. The Hall–Kier alpha value is -2.04. The van der Waals surface area contributed by atoms with Gasteiger partial charge in [-0.05, 0) is 12.1 Å². The highest BCUT2D eigenvalue weighted by molar-refractivity contribution is 6.00. The van der Waals surface area contributed by atoms with Crippen molar-refractivity contribution in [1.82, 2.24) is 0 Å². The maximum absolute atomic E-state index is 11.7. The van der Waals surface area contributed by atoms with E-state index in [-0.39, 0.29) is 17.7 Å². The highest BCUT2D eigenvalue weighted by atomic mass is 16.4. The standard InChI is InChI=1S/C11H13N3O2/c12-11(13-16)8-6-10(15)14(7-8)9-4-2-1-3-5-9/h1-5,8,16H,6-7H2,(H2,12,13)/t8-/m0/s1. The number of hydrogen-bond donors (Lipinski definition) is 2. The van der Waals surface area contributed by atoms with Crippen LogP contribution in [0.15, 0.2) is 35.5 Å². The lowest BCUT2D eigenvalue weighted by atomic mass is 10.1. The minimum atomic E-state index is -0.197. The van der Waals surface area contributed by atoms with E-state index in [1.165, 1.54) is 0 Å². The van der Waals surface area contributed by atoms with E-state index < -0.39 is 0 Å². The Morgan fingerprint density at radius 3 is 2.75 bits per heavy atom. The fraction of sp³-hybridized carbons (Fsp3) is 0.273. The summed E-state index contributed by atoms with van der Waals surface area (Å²) in [5.74, 6) is -0.0766. The maximum atomic E-state index is 11.7. The van der Waals surface area contributed by atoms with Gasteiger partial charge in [0.05, 0.1) is 0 Å². The van der Waals surface area contributed by atoms with E-state index in [1.54, 1.807) is 4.90 Å². The molecule has 1 aliphatic heterocycles. The monoisotopic (exact) mass is 219 g/mol. The fourth-order valence-corrected chi connectivity index (χ4v) is 1.84. The summed E-state index contributed by atoms with van der Waals surface area (Å²) in [7, 11) is 0. The smallest absolute Gasteiger partial charge is 0.227 e. The summed E-state index contributed by atoms with van der Waals surface area (Å²) in [5.41, 5.74) is 6.35. The molecule has 3 N–H and O–H groups in total. The van der Waals surface area contributed by atoms with Gasteiger partial charge in [-0.25, -0.2) is 0 Å². The maximum Gasteiger partial charge on any atom is 0.227 e. The van der Waals surface area contributed by atoms with Crippen LogP contribution in [0.1, 0.15) is 6.42 Å². The van der Waals surface area contributed by atoms with Gasteiger partial charge in [0.25, 0.3) is 0 Å². The number of anilines is 1. The Morgan fingerprint density at radius 2 is 2.12 bits per heavy atom. The molecule has 1 saturated heterocycles. The van der Waals surface area contributed by atoms with E-state index >= 15 is 0 Å². The molecule has 1 aromatic rings. The number of carbonyl (C=O) groups is 1. The van der Waals surface area contributed by atoms with Crippen LogP contribution < -0.4 is 10.6 Å². The van der Waals surface area contributed by atoms with Gasteiger partial charge < -0.3 is 15.8 Å². The van der Waals surface area contributed by atoms with Crippen molar-refractivity contribution in [3.8, 4) is 0 Å². The first kappa shape index (κ1) is 10.5. The minimum absolute atomic E-state index is 0.00259. The molecule has 2 rings (SSSR count). The third-order valence-electron chi connectivity index (χ3n) is 2.73. The summed E-state index contributed by atoms with van der Waals surface area (Å²) in [6, 6.07) is 9.38. The molecule has 5 heteroatoms. The number of benzene rings is 1. The molecule has 1 amide bonds. The second kappa shape index (κ2) is 4.22. The van der Waals surface area contributed by atoms with Gasteiger partial charge in [0.2, 0.25) is 5.91 Å². The topological polar surface area (TPSA) is 78.9 Å². The lowest BCUT2D eigenvalue weighted by Crippen LogP contribution is -2.28. The molecule has 0 unspecified atom stereocenters. The summed E-state index contributed by atoms with van der Waals surface area (Å²) in [4.78, 5) is 13.4. The number of oxime groups is 1. The number of hydrogen-bond acceptors (Lipinski definition) is 3. The molecule has 5 nitrogen and oxygen atoms in total. The molecule has 0 bridgehead atoms. The first-order valence-corrected chi connectivity index (χ1v) is 5.05. The van der Waals surface area contributed by atoms with E-state index in [1.807, 2.05) is 30.3 Å². The van der Waals surface area contributed by atoms with Gasteiger partial charge in [0, 0.05) is 24.6 Å². The van der Waals surface area contributed by atoms with Crippen LogP contribution >= 0.6 is 0 Å². The molecule has 16 heavy (non-hydrogen) atoms. The van der Waals surface area contributed by atoms with E-state index in [0.29, 0.717) is 13.0 Å². The molecule has 0 spiro atoms. The first-order chi connectivity index (χ1) is 7.72. The average molecular weight is 219 g/mol. The lowest BCUT2D eigenvalue weighted by molar-refractivity contribution is -0.117. The zero-order valence-electron chi connectivity index (χ0n) is 8.71. The summed E-state index contributed by atoms with van der Waals surface area (Å²) in [6.07, 6.45) is 0.296. The van der Waals surface area contributed by atoms with Gasteiger partial charge in [-0.2, -0.15) is 0 Å². The van der Waals surface area contributed by atoms with Gasteiger partial charge in [-0.3, -0.25) is 4.79 Å². The fourth-order valence-electron chi connectivity index (χ4n) is 1.84. The van der Waals surface area contributed by atoms with Gasteiger partial charge in [0.15, 0.2) is 0 Å². The van der Waals surface area contributed by atoms with Crippen LogP contribution in [0, 0.1) is 5.92 Å². The second-order valence-corrected chi connectivity index (χ2v) is 3.77. The van der Waals surface area contributed by atoms with Crippen molar-refractivity contribution in [3.63, 3.8) is 0 Å². The van der Waals surface area contributed by atoms with Gasteiger partial charge in [-0.1, -0.05) is 23.4 Å². The van der Waals surface area contributed by atoms with E-state index in [2.05, 4.69) is 5.16 Å². The zero-order chi connectivity index (χ0) is 11.5. The van der Waals surface area contributed by atoms with Gasteiger partial charge in [-0.15, -0.1) is 0 Å². The van der Waals surface area contributed by atoms with Crippen molar-refractivity contribution in [2.45, 2.75) is 6.42 Å². The molecule has 0 radical (unpaired) electrons. The SMILES string of the molecule is N/C(=N/O)[C@H]1CC(=O)N(c2ccccc2)C1. The third-order valence-corrected chi connectivity index (χ3v) is 2.73. The average Bonchev–Trinajstić information content (AvgIpc) is 2.71. The molecular formula is C11H13N3O2. The van der Waals surface area contributed by atoms with Crippen molar-refractivity contribution in [2.24, 2.45) is 16.8 Å². The number of para-hydroxylation sites is 1. The van der Waals surface area contributed by atoms with Gasteiger partial charge >= 0.3 is 0 Å². The molecule has 1 aliphatic rings. The molecule has 0 aliphatic carbocycles. The Labute approximate surface area is 93.2 Å². The normalized spacial score (nSPS) is 21.5. The summed E-state index contributed by atoms with van der Waals surface area (Å²) < 4.78 is 0. The molecule has 0 saturated carbocycles.